The van der Waals surface area contributed by atoms with E-state index in [1.54, 1.807) is 33.5 Å². The van der Waals surface area contributed by atoms with Gasteiger partial charge in [-0.05, 0) is 82.4 Å². The molecule has 11 heteroatoms. The number of hydrogen-bond acceptors (Lipinski definition) is 6. The molecule has 196 valence electrons. The Hall–Kier alpha value is -1.56. The Morgan fingerprint density at radius 1 is 1.03 bits per heavy atom. The van der Waals surface area contributed by atoms with Gasteiger partial charge in [0, 0.05) is 29.7 Å². The van der Waals surface area contributed by atoms with E-state index in [9.17, 15) is 13.2 Å². The van der Waals surface area contributed by atoms with Crippen LogP contribution in [0.15, 0.2) is 51.8 Å². The number of carbonyl (C=O) groups excluding carboxylic acids is 1. The largest absolute Gasteiger partial charge is 1.00 e. The predicted octanol–water partition coefficient (Wildman–Crippen LogP) is 2.23. The fraction of sp³-hybridized carbons (Fsp3) is 0.440. The maximum atomic E-state index is 13.6. The van der Waals surface area contributed by atoms with Crippen molar-refractivity contribution in [2.45, 2.75) is 37.0 Å². The Kier molecular flexibility index (Phi) is 10.3. The molecule has 3 aromatic rings. The number of hydrogen-bond donors (Lipinski definition) is 0. The third-order valence-electron chi connectivity index (χ3n) is 6.11. The van der Waals surface area contributed by atoms with E-state index >= 15 is 0 Å². The van der Waals surface area contributed by atoms with Crippen LogP contribution in [0.25, 0.3) is 10.2 Å². The molecular formula is C25H31BrClN4O3S2-. The number of anilines is 1. The molecule has 7 nitrogen and oxygen atoms in total. The van der Waals surface area contributed by atoms with Gasteiger partial charge in [-0.3, -0.25) is 9.69 Å². The van der Waals surface area contributed by atoms with Crippen LogP contribution in [0.5, 0.6) is 0 Å². The highest BCUT2D eigenvalue weighted by Crippen LogP contribution is 2.32. The Morgan fingerprint density at radius 3 is 2.33 bits per heavy atom. The van der Waals surface area contributed by atoms with Crippen LogP contribution in [0.2, 0.25) is 0 Å². The summed E-state index contributed by atoms with van der Waals surface area (Å²) in [7, 11) is 0.452. The maximum absolute atomic E-state index is 13.6. The van der Waals surface area contributed by atoms with Crippen molar-refractivity contribution >= 4 is 58.5 Å². The van der Waals surface area contributed by atoms with Crippen molar-refractivity contribution in [1.29, 1.82) is 0 Å². The van der Waals surface area contributed by atoms with Crippen LogP contribution in [0.1, 0.15) is 42.5 Å². The molecule has 1 aliphatic rings. The van der Waals surface area contributed by atoms with Crippen LogP contribution >= 0.6 is 27.3 Å². The molecule has 1 amide bonds. The summed E-state index contributed by atoms with van der Waals surface area (Å²) in [5.74, 6) is -0.180. The van der Waals surface area contributed by atoms with Crippen LogP contribution in [0, 0.1) is 0 Å². The second-order valence-electron chi connectivity index (χ2n) is 9.06. The first-order valence-electron chi connectivity index (χ1n) is 11.9. The molecule has 0 radical (unpaired) electrons. The van der Waals surface area contributed by atoms with E-state index in [0.717, 1.165) is 53.3 Å². The number of amides is 1. The number of nitrogens with zero attached hydrogens (tertiary/aromatic N) is 4. The predicted molar refractivity (Wildman–Crippen MR) is 146 cm³/mol. The number of halogens is 2. The smallest absolute Gasteiger partial charge is 0.260 e. The van der Waals surface area contributed by atoms with Crippen LogP contribution in [-0.4, -0.2) is 68.8 Å². The highest BCUT2D eigenvalue weighted by Gasteiger charge is 2.26. The first-order valence-corrected chi connectivity index (χ1v) is 14.9. The highest BCUT2D eigenvalue weighted by atomic mass is 79.9. The SMILES string of the molecule is CN(C)CCCN(C(=O)c1ccc(S(=O)(=O)N2CCCCCC2)cc1)c1nc2ccc(Br)cc2s1.[Cl-]. The molecule has 2 heterocycles. The summed E-state index contributed by atoms with van der Waals surface area (Å²) in [5.41, 5.74) is 1.29. The van der Waals surface area contributed by atoms with Gasteiger partial charge in [-0.15, -0.1) is 0 Å². The molecule has 2 aromatic carbocycles. The maximum Gasteiger partial charge on any atom is 0.260 e. The zero-order valence-electron chi connectivity index (χ0n) is 20.5. The lowest BCUT2D eigenvalue weighted by Crippen LogP contribution is -3.00. The number of thiazole rings is 1. The van der Waals surface area contributed by atoms with Gasteiger partial charge >= 0.3 is 0 Å². The van der Waals surface area contributed by atoms with Gasteiger partial charge in [0.05, 0.1) is 15.1 Å². The van der Waals surface area contributed by atoms with Gasteiger partial charge in [0.25, 0.3) is 5.91 Å². The molecule has 4 rings (SSSR count). The lowest BCUT2D eigenvalue weighted by Gasteiger charge is -2.22. The van der Waals surface area contributed by atoms with Crippen molar-refractivity contribution in [1.82, 2.24) is 14.2 Å². The van der Waals surface area contributed by atoms with E-state index in [1.807, 2.05) is 32.3 Å². The molecule has 0 saturated carbocycles. The van der Waals surface area contributed by atoms with Gasteiger partial charge in [0.1, 0.15) is 0 Å². The summed E-state index contributed by atoms with van der Waals surface area (Å²) in [5, 5.41) is 0.642. The van der Waals surface area contributed by atoms with Crippen molar-refractivity contribution in [2.75, 3.05) is 45.2 Å². The van der Waals surface area contributed by atoms with E-state index in [2.05, 4.69) is 20.8 Å². The van der Waals surface area contributed by atoms with Gasteiger partial charge < -0.3 is 17.3 Å². The van der Waals surface area contributed by atoms with Crippen LogP contribution in [0.4, 0.5) is 5.13 Å². The number of benzene rings is 2. The summed E-state index contributed by atoms with van der Waals surface area (Å²) < 4.78 is 29.8. The molecule has 0 N–H and O–H groups in total. The first kappa shape index (κ1) is 29.0. The van der Waals surface area contributed by atoms with Crippen molar-refractivity contribution in [3.63, 3.8) is 0 Å². The van der Waals surface area contributed by atoms with Crippen molar-refractivity contribution in [3.8, 4) is 0 Å². The van der Waals surface area contributed by atoms with E-state index in [1.165, 1.54) is 11.3 Å². The molecule has 1 aromatic heterocycles. The van der Waals surface area contributed by atoms with Crippen LogP contribution in [-0.2, 0) is 10.0 Å². The Labute approximate surface area is 232 Å². The van der Waals surface area contributed by atoms with Gasteiger partial charge in [-0.25, -0.2) is 13.4 Å². The zero-order chi connectivity index (χ0) is 25.0. The summed E-state index contributed by atoms with van der Waals surface area (Å²) in [6, 6.07) is 12.2. The molecular weight excluding hydrogens is 584 g/mol. The van der Waals surface area contributed by atoms with Crippen LogP contribution < -0.4 is 17.3 Å². The Balaban J connectivity index is 0.00000361. The molecule has 1 saturated heterocycles. The number of carbonyl (C=O) groups is 1. The monoisotopic (exact) mass is 613 g/mol. The second kappa shape index (κ2) is 12.8. The van der Waals surface area contributed by atoms with Crippen LogP contribution in [0.3, 0.4) is 0 Å². The van der Waals surface area contributed by atoms with E-state index < -0.39 is 10.0 Å². The minimum absolute atomic E-state index is 0. The number of rotatable bonds is 8. The average molecular weight is 615 g/mol. The fourth-order valence-corrected chi connectivity index (χ4v) is 7.25. The number of sulfonamides is 1. The van der Waals surface area contributed by atoms with Gasteiger partial charge in [-0.1, -0.05) is 40.1 Å². The minimum atomic E-state index is -3.56. The molecule has 0 aliphatic carbocycles. The average Bonchev–Trinajstić information content (AvgIpc) is 3.04. The van der Waals surface area contributed by atoms with E-state index in [-0.39, 0.29) is 23.2 Å². The van der Waals surface area contributed by atoms with E-state index in [0.29, 0.717) is 30.3 Å². The summed E-state index contributed by atoms with van der Waals surface area (Å²) in [4.78, 5) is 22.3. The van der Waals surface area contributed by atoms with Crippen molar-refractivity contribution < 1.29 is 25.6 Å². The number of aromatic nitrogens is 1. The highest BCUT2D eigenvalue weighted by molar-refractivity contribution is 9.10. The summed E-state index contributed by atoms with van der Waals surface area (Å²) in [6.07, 6.45) is 4.68. The zero-order valence-corrected chi connectivity index (χ0v) is 24.5. The molecule has 1 fully saturated rings. The molecule has 0 bridgehead atoms. The van der Waals surface area contributed by atoms with Gasteiger partial charge in [0.2, 0.25) is 10.0 Å². The first-order chi connectivity index (χ1) is 16.8. The minimum Gasteiger partial charge on any atom is -1.00 e. The van der Waals surface area contributed by atoms with Crippen molar-refractivity contribution in [2.24, 2.45) is 0 Å². The molecule has 1 aliphatic heterocycles. The molecule has 0 unspecified atom stereocenters. The molecule has 36 heavy (non-hydrogen) atoms. The van der Waals surface area contributed by atoms with E-state index in [4.69, 9.17) is 4.98 Å². The normalized spacial score (nSPS) is 15.0. The second-order valence-corrected chi connectivity index (χ2v) is 12.9. The van der Waals surface area contributed by atoms with Gasteiger partial charge in [-0.2, -0.15) is 4.31 Å². The third-order valence-corrected chi connectivity index (χ3v) is 9.55. The Bertz CT molecular complexity index is 1270. The topological polar surface area (TPSA) is 73.8 Å². The quantitative estimate of drug-likeness (QED) is 0.389. The van der Waals surface area contributed by atoms with Gasteiger partial charge in [0.15, 0.2) is 5.13 Å². The summed E-state index contributed by atoms with van der Waals surface area (Å²) in [6.45, 7) is 2.46. The summed E-state index contributed by atoms with van der Waals surface area (Å²) >= 11 is 4.98. The Morgan fingerprint density at radius 2 is 1.69 bits per heavy atom. The fourth-order valence-electron chi connectivity index (χ4n) is 4.19. The standard InChI is InChI=1S/C25H31BrN4O3S2.ClH/c1-28(2)14-7-17-30(25-27-22-13-10-20(26)18-23(22)34-25)24(31)19-8-11-21(12-9-19)35(32,33)29-15-5-3-4-6-16-29;/h8-13,18H,3-7,14-17H2,1-2H3;1H/p-1. The third kappa shape index (κ3) is 6.85. The lowest BCUT2D eigenvalue weighted by atomic mass is 10.2. The molecule has 0 spiro atoms. The van der Waals surface area contributed by atoms with Crippen molar-refractivity contribution in [3.05, 3.63) is 52.5 Å². The lowest BCUT2D eigenvalue weighted by molar-refractivity contribution is -0.0000172. The number of fused-ring (bicyclic) bond motifs is 1. The molecule has 0 atom stereocenters.